The molecule has 4 heteroatoms. The highest BCUT2D eigenvalue weighted by molar-refractivity contribution is 5.85. The summed E-state index contributed by atoms with van der Waals surface area (Å²) in [6.07, 6.45) is 6.67. The van der Waals surface area contributed by atoms with Gasteiger partial charge in [0.05, 0.1) is 5.69 Å². The van der Waals surface area contributed by atoms with Gasteiger partial charge in [0.15, 0.2) is 0 Å². The number of carboxylic acids is 1. The molecule has 2 aliphatic rings. The summed E-state index contributed by atoms with van der Waals surface area (Å²) in [4.78, 5) is 17.7. The van der Waals surface area contributed by atoms with Crippen LogP contribution < -0.4 is 0 Å². The molecule has 1 aromatic rings. The van der Waals surface area contributed by atoms with Gasteiger partial charge >= 0.3 is 5.97 Å². The minimum absolute atomic E-state index is 0.150. The first-order valence-corrected chi connectivity index (χ1v) is 7.17. The van der Waals surface area contributed by atoms with Crippen LogP contribution in [0.4, 0.5) is 0 Å². The van der Waals surface area contributed by atoms with Crippen LogP contribution >= 0.6 is 0 Å². The van der Waals surface area contributed by atoms with E-state index in [2.05, 4.69) is 9.88 Å². The zero-order valence-electron chi connectivity index (χ0n) is 11.1. The standard InChI is InChI=1S/C15H20N2O2/c18-15(19)13-6-3-5-12(16-13)10-17-9-8-11-4-1-2-7-14(11)17/h3,5-6,11,14H,1-2,4,7-10H2,(H,18,19). The number of carbonyl (C=O) groups is 1. The molecule has 2 fully saturated rings. The molecule has 102 valence electrons. The maximum atomic E-state index is 10.9. The Morgan fingerprint density at radius 2 is 2.16 bits per heavy atom. The van der Waals surface area contributed by atoms with Crippen molar-refractivity contribution in [3.05, 3.63) is 29.6 Å². The average molecular weight is 260 g/mol. The maximum Gasteiger partial charge on any atom is 0.354 e. The van der Waals surface area contributed by atoms with Crippen molar-refractivity contribution in [2.24, 2.45) is 5.92 Å². The molecule has 1 aliphatic carbocycles. The van der Waals surface area contributed by atoms with Crippen LogP contribution in [0.15, 0.2) is 18.2 Å². The lowest BCUT2D eigenvalue weighted by molar-refractivity contribution is 0.0689. The second-order valence-corrected chi connectivity index (χ2v) is 5.69. The van der Waals surface area contributed by atoms with E-state index < -0.39 is 5.97 Å². The lowest BCUT2D eigenvalue weighted by Gasteiger charge is -2.31. The molecule has 3 rings (SSSR count). The Hall–Kier alpha value is -1.42. The smallest absolute Gasteiger partial charge is 0.354 e. The van der Waals surface area contributed by atoms with Gasteiger partial charge in [0.1, 0.15) is 5.69 Å². The molecule has 1 aliphatic heterocycles. The van der Waals surface area contributed by atoms with Gasteiger partial charge in [-0.2, -0.15) is 0 Å². The second-order valence-electron chi connectivity index (χ2n) is 5.69. The summed E-state index contributed by atoms with van der Waals surface area (Å²) in [6, 6.07) is 5.98. The van der Waals surface area contributed by atoms with E-state index in [1.54, 1.807) is 12.1 Å². The van der Waals surface area contributed by atoms with Crippen LogP contribution in [-0.2, 0) is 6.54 Å². The third-order valence-electron chi connectivity index (χ3n) is 4.52. The Balaban J connectivity index is 1.71. The lowest BCUT2D eigenvalue weighted by Crippen LogP contribution is -2.34. The molecular formula is C15H20N2O2. The first-order valence-electron chi connectivity index (χ1n) is 7.17. The van der Waals surface area contributed by atoms with Crippen LogP contribution in [0.3, 0.4) is 0 Å². The largest absolute Gasteiger partial charge is 0.477 e. The van der Waals surface area contributed by atoms with Gasteiger partial charge in [0, 0.05) is 12.6 Å². The van der Waals surface area contributed by atoms with Crippen molar-refractivity contribution < 1.29 is 9.90 Å². The van der Waals surface area contributed by atoms with Gasteiger partial charge in [-0.1, -0.05) is 18.9 Å². The number of nitrogens with zero attached hydrogens (tertiary/aromatic N) is 2. The van der Waals surface area contributed by atoms with Crippen molar-refractivity contribution in [3.63, 3.8) is 0 Å². The summed E-state index contributed by atoms with van der Waals surface area (Å²) in [5.74, 6) is -0.0878. The molecule has 0 spiro atoms. The second kappa shape index (κ2) is 5.29. The predicted molar refractivity (Wildman–Crippen MR) is 72.0 cm³/mol. The molecule has 1 saturated carbocycles. The number of carboxylic acid groups (broad SMARTS) is 1. The van der Waals surface area contributed by atoms with E-state index in [0.717, 1.165) is 24.7 Å². The Labute approximate surface area is 113 Å². The van der Waals surface area contributed by atoms with Gasteiger partial charge in [-0.15, -0.1) is 0 Å². The van der Waals surface area contributed by atoms with E-state index in [1.807, 2.05) is 6.07 Å². The van der Waals surface area contributed by atoms with Crippen LogP contribution in [0.1, 0.15) is 48.3 Å². The third-order valence-corrected chi connectivity index (χ3v) is 4.52. The molecule has 2 heterocycles. The highest BCUT2D eigenvalue weighted by atomic mass is 16.4. The summed E-state index contributed by atoms with van der Waals surface area (Å²) in [5.41, 5.74) is 1.03. The lowest BCUT2D eigenvalue weighted by atomic mass is 9.85. The van der Waals surface area contributed by atoms with E-state index in [0.29, 0.717) is 6.04 Å². The molecular weight excluding hydrogens is 240 g/mol. The van der Waals surface area contributed by atoms with Gasteiger partial charge in [-0.05, 0) is 43.9 Å². The molecule has 2 atom stereocenters. The van der Waals surface area contributed by atoms with Gasteiger partial charge < -0.3 is 5.11 Å². The van der Waals surface area contributed by atoms with Gasteiger partial charge in [-0.3, -0.25) is 4.90 Å². The van der Waals surface area contributed by atoms with Crippen molar-refractivity contribution in [1.82, 2.24) is 9.88 Å². The van der Waals surface area contributed by atoms with Crippen LogP contribution in [0.5, 0.6) is 0 Å². The number of rotatable bonds is 3. The quantitative estimate of drug-likeness (QED) is 0.907. The van der Waals surface area contributed by atoms with Crippen molar-refractivity contribution in [2.45, 2.75) is 44.7 Å². The molecule has 0 radical (unpaired) electrons. The van der Waals surface area contributed by atoms with Crippen molar-refractivity contribution >= 4 is 5.97 Å². The van der Waals surface area contributed by atoms with E-state index in [4.69, 9.17) is 5.11 Å². The zero-order chi connectivity index (χ0) is 13.2. The fraction of sp³-hybridized carbons (Fsp3) is 0.600. The van der Waals surface area contributed by atoms with Gasteiger partial charge in [0.2, 0.25) is 0 Å². The van der Waals surface area contributed by atoms with Crippen molar-refractivity contribution in [2.75, 3.05) is 6.54 Å². The molecule has 1 saturated heterocycles. The first kappa shape index (κ1) is 12.6. The summed E-state index contributed by atoms with van der Waals surface area (Å²) in [5, 5.41) is 8.98. The Kier molecular flexibility index (Phi) is 3.51. The third kappa shape index (κ3) is 2.63. The molecule has 19 heavy (non-hydrogen) atoms. The number of aromatic nitrogens is 1. The molecule has 0 aromatic carbocycles. The van der Waals surface area contributed by atoms with Crippen LogP contribution in [0.2, 0.25) is 0 Å². The van der Waals surface area contributed by atoms with E-state index in [1.165, 1.54) is 32.1 Å². The average Bonchev–Trinajstić information content (AvgIpc) is 2.83. The van der Waals surface area contributed by atoms with Crippen molar-refractivity contribution in [1.29, 1.82) is 0 Å². The van der Waals surface area contributed by atoms with Crippen molar-refractivity contribution in [3.8, 4) is 0 Å². The van der Waals surface area contributed by atoms with Crippen LogP contribution in [0, 0.1) is 5.92 Å². The van der Waals surface area contributed by atoms with Gasteiger partial charge in [-0.25, -0.2) is 9.78 Å². The number of pyridine rings is 1. The fourth-order valence-corrected chi connectivity index (χ4v) is 3.59. The Morgan fingerprint density at radius 1 is 1.32 bits per heavy atom. The number of aromatic carboxylic acids is 1. The SMILES string of the molecule is O=C(O)c1cccc(CN2CCC3CCCCC32)n1. The molecule has 4 nitrogen and oxygen atoms in total. The molecule has 2 unspecified atom stereocenters. The Morgan fingerprint density at radius 3 is 3.00 bits per heavy atom. The minimum atomic E-state index is -0.946. The highest BCUT2D eigenvalue weighted by Crippen LogP contribution is 2.36. The number of hydrogen-bond donors (Lipinski definition) is 1. The van der Waals surface area contributed by atoms with E-state index in [9.17, 15) is 4.79 Å². The zero-order valence-corrected chi connectivity index (χ0v) is 11.1. The molecule has 1 N–H and O–H groups in total. The topological polar surface area (TPSA) is 53.4 Å². The Bertz CT molecular complexity index is 475. The normalized spacial score (nSPS) is 27.2. The number of hydrogen-bond acceptors (Lipinski definition) is 3. The predicted octanol–water partition coefficient (Wildman–Crippen LogP) is 2.54. The summed E-state index contributed by atoms with van der Waals surface area (Å²) < 4.78 is 0. The fourth-order valence-electron chi connectivity index (χ4n) is 3.59. The van der Waals surface area contributed by atoms with E-state index in [-0.39, 0.29) is 5.69 Å². The summed E-state index contributed by atoms with van der Waals surface area (Å²) in [6.45, 7) is 1.93. The van der Waals surface area contributed by atoms with Gasteiger partial charge in [0.25, 0.3) is 0 Å². The number of likely N-dealkylation sites (tertiary alicyclic amines) is 1. The molecule has 1 aromatic heterocycles. The van der Waals surface area contributed by atoms with E-state index >= 15 is 0 Å². The first-order chi connectivity index (χ1) is 9.24. The minimum Gasteiger partial charge on any atom is -0.477 e. The monoisotopic (exact) mass is 260 g/mol. The maximum absolute atomic E-state index is 10.9. The molecule has 0 bridgehead atoms. The van der Waals surface area contributed by atoms with Crippen LogP contribution in [-0.4, -0.2) is 33.5 Å². The summed E-state index contributed by atoms with van der Waals surface area (Å²) >= 11 is 0. The molecule has 0 amide bonds. The summed E-state index contributed by atoms with van der Waals surface area (Å²) in [7, 11) is 0. The highest BCUT2D eigenvalue weighted by Gasteiger charge is 2.35. The van der Waals surface area contributed by atoms with Crippen LogP contribution in [0.25, 0.3) is 0 Å². The number of fused-ring (bicyclic) bond motifs is 1.